The van der Waals surface area contributed by atoms with Gasteiger partial charge in [0.15, 0.2) is 0 Å². The summed E-state index contributed by atoms with van der Waals surface area (Å²) in [6, 6.07) is 0. The Morgan fingerprint density at radius 3 is 2.18 bits per heavy atom. The van der Waals surface area contributed by atoms with E-state index in [0.717, 1.165) is 19.3 Å². The summed E-state index contributed by atoms with van der Waals surface area (Å²) in [4.78, 5) is 23.9. The lowest BCUT2D eigenvalue weighted by atomic mass is 9.45. The van der Waals surface area contributed by atoms with Crippen LogP contribution >= 0.6 is 0 Å². The zero-order valence-corrected chi connectivity index (χ0v) is 13.5. The lowest BCUT2D eigenvalue weighted by molar-refractivity contribution is -0.181. The van der Waals surface area contributed by atoms with Gasteiger partial charge in [0.05, 0.1) is 11.5 Å². The number of rotatable bonds is 4. The van der Waals surface area contributed by atoms with Crippen LogP contribution in [-0.2, 0) is 19.4 Å². The molecule has 2 N–H and O–H groups in total. The molecule has 7 heteroatoms. The molecule has 0 atom stereocenters. The molecule has 22 heavy (non-hydrogen) atoms. The van der Waals surface area contributed by atoms with E-state index in [1.165, 1.54) is 0 Å². The molecule has 0 radical (unpaired) electrons. The molecule has 3 fully saturated rings. The second-order valence-corrected chi connectivity index (χ2v) is 9.70. The molecule has 0 unspecified atom stereocenters. The minimum Gasteiger partial charge on any atom is -0.480 e. The number of carboxylic acids is 1. The van der Waals surface area contributed by atoms with Gasteiger partial charge in [-0.25, -0.2) is 8.42 Å². The Labute approximate surface area is 130 Å². The van der Waals surface area contributed by atoms with Crippen molar-refractivity contribution in [1.82, 2.24) is 5.32 Å². The van der Waals surface area contributed by atoms with Crippen molar-refractivity contribution in [2.75, 3.05) is 18.1 Å². The van der Waals surface area contributed by atoms with Crippen LogP contribution in [0.3, 0.4) is 0 Å². The van der Waals surface area contributed by atoms with Gasteiger partial charge in [0.1, 0.15) is 15.3 Å². The summed E-state index contributed by atoms with van der Waals surface area (Å²) >= 11 is 0. The fourth-order valence-electron chi connectivity index (χ4n) is 4.22. The highest BCUT2D eigenvalue weighted by atomic mass is 32.2. The first-order valence-electron chi connectivity index (χ1n) is 7.99. The van der Waals surface area contributed by atoms with Crippen LogP contribution in [0, 0.1) is 16.7 Å². The quantitative estimate of drug-likeness (QED) is 0.748. The summed E-state index contributed by atoms with van der Waals surface area (Å²) in [5, 5.41) is 12.2. The first-order chi connectivity index (χ1) is 10.3. The molecular formula is C15H23NO5S. The second kappa shape index (κ2) is 5.22. The summed E-state index contributed by atoms with van der Waals surface area (Å²) in [5.41, 5.74) is -1.14. The molecule has 1 amide bonds. The van der Waals surface area contributed by atoms with Crippen molar-refractivity contribution in [2.45, 2.75) is 44.9 Å². The number of aliphatic carboxylic acids is 1. The molecule has 0 aromatic heterocycles. The maximum atomic E-state index is 12.4. The standard InChI is InChI=1S/C15H23NO5S/c17-12(16-8-11-2-6-22(20,21)7-3-11)15(13(18)19)9-14(10-15)4-1-5-14/h11H,1-10H2,(H,16,17)(H,18,19). The molecular weight excluding hydrogens is 306 g/mol. The SMILES string of the molecule is O=C(O)C1(C(=O)NCC2CCS(=O)(=O)CC2)CC2(CCC2)C1. The summed E-state index contributed by atoms with van der Waals surface area (Å²) in [6.45, 7) is 0.385. The molecule has 124 valence electrons. The molecule has 0 aromatic carbocycles. The third kappa shape index (κ3) is 2.64. The Hall–Kier alpha value is -1.11. The summed E-state index contributed by atoms with van der Waals surface area (Å²) in [5.74, 6) is -0.933. The van der Waals surface area contributed by atoms with E-state index in [0.29, 0.717) is 32.2 Å². The number of carbonyl (C=O) groups excluding carboxylic acids is 1. The van der Waals surface area contributed by atoms with Crippen LogP contribution in [0.2, 0.25) is 0 Å². The van der Waals surface area contributed by atoms with E-state index in [1.54, 1.807) is 0 Å². The summed E-state index contributed by atoms with van der Waals surface area (Å²) in [6.07, 6.45) is 5.22. The van der Waals surface area contributed by atoms with Crippen molar-refractivity contribution >= 4 is 21.7 Å². The van der Waals surface area contributed by atoms with Crippen molar-refractivity contribution in [3.8, 4) is 0 Å². The summed E-state index contributed by atoms with van der Waals surface area (Å²) in [7, 11) is -2.91. The van der Waals surface area contributed by atoms with E-state index in [2.05, 4.69) is 5.32 Å². The van der Waals surface area contributed by atoms with Crippen LogP contribution in [-0.4, -0.2) is 43.5 Å². The minimum absolute atomic E-state index is 0.106. The van der Waals surface area contributed by atoms with E-state index in [1.807, 2.05) is 0 Å². The van der Waals surface area contributed by atoms with Crippen molar-refractivity contribution in [3.63, 3.8) is 0 Å². The Morgan fingerprint density at radius 1 is 1.14 bits per heavy atom. The molecule has 1 spiro atoms. The van der Waals surface area contributed by atoms with E-state index in [-0.39, 0.29) is 28.7 Å². The highest BCUT2D eigenvalue weighted by molar-refractivity contribution is 7.91. The Balaban J connectivity index is 1.54. The van der Waals surface area contributed by atoms with Crippen LogP contribution in [0.25, 0.3) is 0 Å². The van der Waals surface area contributed by atoms with Gasteiger partial charge >= 0.3 is 5.97 Å². The van der Waals surface area contributed by atoms with Crippen LogP contribution in [0.4, 0.5) is 0 Å². The molecule has 0 bridgehead atoms. The molecule has 1 heterocycles. The molecule has 2 saturated carbocycles. The smallest absolute Gasteiger partial charge is 0.319 e. The predicted octanol–water partition coefficient (Wildman–Crippen LogP) is 0.962. The molecule has 3 aliphatic rings. The Morgan fingerprint density at radius 2 is 1.73 bits per heavy atom. The molecule has 2 aliphatic carbocycles. The molecule has 1 aliphatic heterocycles. The summed E-state index contributed by atoms with van der Waals surface area (Å²) < 4.78 is 22.8. The maximum Gasteiger partial charge on any atom is 0.319 e. The van der Waals surface area contributed by atoms with E-state index in [9.17, 15) is 23.1 Å². The topological polar surface area (TPSA) is 101 Å². The molecule has 6 nitrogen and oxygen atoms in total. The van der Waals surface area contributed by atoms with Gasteiger partial charge in [-0.15, -0.1) is 0 Å². The number of nitrogens with one attached hydrogen (secondary N) is 1. The Bertz CT molecular complexity index is 571. The van der Waals surface area contributed by atoms with Gasteiger partial charge in [0.25, 0.3) is 0 Å². The van der Waals surface area contributed by atoms with E-state index in [4.69, 9.17) is 0 Å². The van der Waals surface area contributed by atoms with Crippen LogP contribution in [0.1, 0.15) is 44.9 Å². The number of hydrogen-bond donors (Lipinski definition) is 2. The highest BCUT2D eigenvalue weighted by Crippen LogP contribution is 2.64. The van der Waals surface area contributed by atoms with Crippen LogP contribution < -0.4 is 5.32 Å². The normalized spacial score (nSPS) is 32.7. The first kappa shape index (κ1) is 15.8. The average molecular weight is 329 g/mol. The van der Waals surface area contributed by atoms with Gasteiger partial charge in [-0.3, -0.25) is 9.59 Å². The number of hydrogen-bond acceptors (Lipinski definition) is 4. The fraction of sp³-hybridized carbons (Fsp3) is 0.867. The number of amides is 1. The number of sulfone groups is 1. The monoisotopic (exact) mass is 329 g/mol. The maximum absolute atomic E-state index is 12.4. The fourth-order valence-corrected chi connectivity index (χ4v) is 5.81. The Kier molecular flexibility index (Phi) is 3.74. The van der Waals surface area contributed by atoms with E-state index < -0.39 is 21.2 Å². The molecule has 3 rings (SSSR count). The lowest BCUT2D eigenvalue weighted by Gasteiger charge is -2.58. The number of carbonyl (C=O) groups is 2. The van der Waals surface area contributed by atoms with Crippen molar-refractivity contribution < 1.29 is 23.1 Å². The molecule has 1 saturated heterocycles. The van der Waals surface area contributed by atoms with Gasteiger partial charge in [-0.1, -0.05) is 6.42 Å². The first-order valence-corrected chi connectivity index (χ1v) is 9.81. The highest BCUT2D eigenvalue weighted by Gasteiger charge is 2.64. The van der Waals surface area contributed by atoms with Gasteiger partial charge in [-0.05, 0) is 49.9 Å². The van der Waals surface area contributed by atoms with Crippen molar-refractivity contribution in [1.29, 1.82) is 0 Å². The van der Waals surface area contributed by atoms with Gasteiger partial charge in [-0.2, -0.15) is 0 Å². The predicted molar refractivity (Wildman–Crippen MR) is 80.0 cm³/mol. The largest absolute Gasteiger partial charge is 0.480 e. The van der Waals surface area contributed by atoms with Crippen LogP contribution in [0.15, 0.2) is 0 Å². The second-order valence-electron chi connectivity index (χ2n) is 7.40. The average Bonchev–Trinajstić information content (AvgIpc) is 2.34. The van der Waals surface area contributed by atoms with Crippen molar-refractivity contribution in [3.05, 3.63) is 0 Å². The third-order valence-electron chi connectivity index (χ3n) is 5.84. The minimum atomic E-state index is -2.91. The van der Waals surface area contributed by atoms with Crippen molar-refractivity contribution in [2.24, 2.45) is 16.7 Å². The van der Waals surface area contributed by atoms with E-state index >= 15 is 0 Å². The van der Waals surface area contributed by atoms with Gasteiger partial charge < -0.3 is 10.4 Å². The van der Waals surface area contributed by atoms with Gasteiger partial charge in [0.2, 0.25) is 5.91 Å². The van der Waals surface area contributed by atoms with Gasteiger partial charge in [0, 0.05) is 6.54 Å². The number of carboxylic acid groups (broad SMARTS) is 1. The zero-order valence-electron chi connectivity index (χ0n) is 12.6. The third-order valence-corrected chi connectivity index (χ3v) is 7.55. The lowest BCUT2D eigenvalue weighted by Crippen LogP contribution is -2.61. The van der Waals surface area contributed by atoms with Crippen LogP contribution in [0.5, 0.6) is 0 Å². The molecule has 0 aromatic rings. The zero-order chi connectivity index (χ0) is 16.0.